The zero-order valence-corrected chi connectivity index (χ0v) is 14.7. The highest BCUT2D eigenvalue weighted by Crippen LogP contribution is 2.48. The number of likely N-dealkylation sites (tertiary alicyclic amines) is 1. The van der Waals surface area contributed by atoms with Crippen LogP contribution in [0.25, 0.3) is 0 Å². The molecule has 1 amide bonds. The van der Waals surface area contributed by atoms with Gasteiger partial charge in [-0.15, -0.1) is 0 Å². The van der Waals surface area contributed by atoms with E-state index in [2.05, 4.69) is 4.90 Å². The Labute approximate surface area is 145 Å². The molecule has 3 atom stereocenters. The van der Waals surface area contributed by atoms with Gasteiger partial charge in [0.05, 0.1) is 5.56 Å². The van der Waals surface area contributed by atoms with E-state index in [0.717, 1.165) is 24.9 Å². The van der Waals surface area contributed by atoms with Gasteiger partial charge in [-0.1, -0.05) is 0 Å². The molecule has 136 valence electrons. The molecule has 3 aliphatic rings. The van der Waals surface area contributed by atoms with Crippen molar-refractivity contribution < 1.29 is 18.0 Å². The van der Waals surface area contributed by atoms with Crippen molar-refractivity contribution in [3.05, 3.63) is 34.4 Å². The van der Waals surface area contributed by atoms with Gasteiger partial charge in [0.1, 0.15) is 0 Å². The molecule has 2 heterocycles. The Morgan fingerprint density at radius 1 is 1.12 bits per heavy atom. The topological polar surface area (TPSA) is 23.6 Å². The maximum atomic E-state index is 13.6. The van der Waals surface area contributed by atoms with Gasteiger partial charge in [0.2, 0.25) is 0 Å². The molecule has 3 nitrogen and oxygen atoms in total. The minimum Gasteiger partial charge on any atom is -0.332 e. The summed E-state index contributed by atoms with van der Waals surface area (Å²) in [5, 5.41) is 0. The Morgan fingerprint density at radius 3 is 2.32 bits per heavy atom. The first-order chi connectivity index (χ1) is 11.7. The van der Waals surface area contributed by atoms with E-state index in [-0.39, 0.29) is 35.7 Å². The minimum absolute atomic E-state index is 0.0448. The van der Waals surface area contributed by atoms with Gasteiger partial charge in [0, 0.05) is 37.3 Å². The van der Waals surface area contributed by atoms with E-state index in [0.29, 0.717) is 5.56 Å². The molecule has 2 fully saturated rings. The van der Waals surface area contributed by atoms with Crippen LogP contribution in [0.5, 0.6) is 0 Å². The van der Waals surface area contributed by atoms with Gasteiger partial charge in [0.15, 0.2) is 0 Å². The van der Waals surface area contributed by atoms with E-state index in [4.69, 9.17) is 0 Å². The van der Waals surface area contributed by atoms with Gasteiger partial charge in [-0.3, -0.25) is 9.69 Å². The molecular formula is C19H23F3N2O. The summed E-state index contributed by atoms with van der Waals surface area (Å²) in [6, 6.07) is 2.75. The van der Waals surface area contributed by atoms with Crippen molar-refractivity contribution in [2.75, 3.05) is 13.1 Å². The molecule has 1 aromatic carbocycles. The van der Waals surface area contributed by atoms with Crippen LogP contribution in [0.15, 0.2) is 12.1 Å². The van der Waals surface area contributed by atoms with Crippen molar-refractivity contribution in [1.82, 2.24) is 9.80 Å². The van der Waals surface area contributed by atoms with E-state index >= 15 is 0 Å². The van der Waals surface area contributed by atoms with Gasteiger partial charge in [-0.2, -0.15) is 13.2 Å². The van der Waals surface area contributed by atoms with E-state index in [9.17, 15) is 18.0 Å². The third kappa shape index (κ3) is 2.75. The number of carbonyl (C=O) groups excluding carboxylic acids is 1. The molecule has 4 rings (SSSR count). The van der Waals surface area contributed by atoms with E-state index in [1.807, 2.05) is 20.8 Å². The largest absolute Gasteiger partial charge is 0.416 e. The molecule has 0 N–H and O–H groups in total. The summed E-state index contributed by atoms with van der Waals surface area (Å²) in [5.41, 5.74) is 0.320. The first kappa shape index (κ1) is 16.9. The van der Waals surface area contributed by atoms with Crippen molar-refractivity contribution in [1.29, 1.82) is 0 Å². The number of amides is 1. The lowest BCUT2D eigenvalue weighted by atomic mass is 9.95. The Hall–Kier alpha value is -1.56. The van der Waals surface area contributed by atoms with Crippen LogP contribution in [0, 0.1) is 11.8 Å². The molecule has 3 unspecified atom stereocenters. The summed E-state index contributed by atoms with van der Waals surface area (Å²) in [7, 11) is 0. The lowest BCUT2D eigenvalue weighted by Gasteiger charge is -2.27. The number of fused-ring (bicyclic) bond motifs is 2. The standard InChI is InChI=1S/C19H23F3N2O/c1-10(2)24-9-16-15(18(24)25)5-12(6-17(16)19(20,21)22)11(3)23-7-13-4-14(13)8-23/h5-6,10-11,13-14H,4,7-9H2,1-3H3. The second kappa shape index (κ2) is 5.47. The molecule has 0 bridgehead atoms. The number of carbonyl (C=O) groups is 1. The second-order valence-corrected chi connectivity index (χ2v) is 8.00. The minimum atomic E-state index is -4.44. The number of rotatable bonds is 3. The smallest absolute Gasteiger partial charge is 0.332 e. The molecule has 0 radical (unpaired) electrons. The maximum absolute atomic E-state index is 13.6. The molecular weight excluding hydrogens is 329 g/mol. The Morgan fingerprint density at radius 2 is 1.76 bits per heavy atom. The van der Waals surface area contributed by atoms with E-state index in [1.54, 1.807) is 6.07 Å². The molecule has 1 saturated carbocycles. The lowest BCUT2D eigenvalue weighted by Crippen LogP contribution is -2.30. The lowest BCUT2D eigenvalue weighted by molar-refractivity contribution is -0.138. The highest BCUT2D eigenvalue weighted by Gasteiger charge is 2.47. The highest BCUT2D eigenvalue weighted by molar-refractivity contribution is 5.99. The number of alkyl halides is 3. The summed E-state index contributed by atoms with van der Waals surface area (Å²) >= 11 is 0. The average molecular weight is 352 g/mol. The third-order valence-electron chi connectivity index (χ3n) is 6.06. The van der Waals surface area contributed by atoms with E-state index in [1.165, 1.54) is 17.4 Å². The van der Waals surface area contributed by atoms with Crippen molar-refractivity contribution in [2.45, 2.75) is 52.0 Å². The third-order valence-corrected chi connectivity index (χ3v) is 6.06. The van der Waals surface area contributed by atoms with Crippen LogP contribution in [0.1, 0.15) is 60.3 Å². The molecule has 0 aromatic heterocycles. The Kier molecular flexibility index (Phi) is 3.69. The average Bonchev–Trinajstić information content (AvgIpc) is 2.99. The summed E-state index contributed by atoms with van der Waals surface area (Å²) in [6.45, 7) is 7.57. The van der Waals surface area contributed by atoms with Crippen molar-refractivity contribution in [3.8, 4) is 0 Å². The highest BCUT2D eigenvalue weighted by atomic mass is 19.4. The number of hydrogen-bond acceptors (Lipinski definition) is 2. The van der Waals surface area contributed by atoms with Crippen molar-refractivity contribution in [3.63, 3.8) is 0 Å². The second-order valence-electron chi connectivity index (χ2n) is 8.00. The summed E-state index contributed by atoms with van der Waals surface area (Å²) in [5.74, 6) is 1.16. The molecule has 1 saturated heterocycles. The molecule has 25 heavy (non-hydrogen) atoms. The zero-order chi connectivity index (χ0) is 18.1. The predicted molar refractivity (Wildman–Crippen MR) is 88.0 cm³/mol. The van der Waals surface area contributed by atoms with Crippen LogP contribution in [-0.2, 0) is 12.7 Å². The van der Waals surface area contributed by atoms with Crippen LogP contribution in [0.3, 0.4) is 0 Å². The normalized spacial score (nSPS) is 27.0. The van der Waals surface area contributed by atoms with Crippen molar-refractivity contribution >= 4 is 5.91 Å². The van der Waals surface area contributed by atoms with E-state index < -0.39 is 11.7 Å². The Balaban J connectivity index is 1.74. The fraction of sp³-hybridized carbons (Fsp3) is 0.632. The Bertz CT molecular complexity index is 718. The quantitative estimate of drug-likeness (QED) is 0.818. The molecule has 2 aliphatic heterocycles. The number of hydrogen-bond donors (Lipinski definition) is 0. The number of halogens is 3. The first-order valence-electron chi connectivity index (χ1n) is 8.96. The summed E-state index contributed by atoms with van der Waals surface area (Å²) in [6.07, 6.45) is -3.19. The zero-order valence-electron chi connectivity index (χ0n) is 14.7. The molecule has 1 aliphatic carbocycles. The van der Waals surface area contributed by atoms with Gasteiger partial charge >= 0.3 is 6.18 Å². The van der Waals surface area contributed by atoms with Crippen molar-refractivity contribution in [2.24, 2.45) is 11.8 Å². The van der Waals surface area contributed by atoms with Crippen LogP contribution >= 0.6 is 0 Å². The number of benzene rings is 1. The SMILES string of the molecule is CC(c1cc2c(c(C(F)(F)F)c1)CN(C(C)C)C2=O)N1CC2CC2C1. The van der Waals surface area contributed by atoms with Crippen LogP contribution in [0.2, 0.25) is 0 Å². The van der Waals surface area contributed by atoms with Gasteiger partial charge in [-0.05, 0) is 62.3 Å². The predicted octanol–water partition coefficient (Wildman–Crippen LogP) is 4.08. The summed E-state index contributed by atoms with van der Waals surface area (Å²) in [4.78, 5) is 16.4. The molecule has 6 heteroatoms. The fourth-order valence-electron chi connectivity index (χ4n) is 4.33. The van der Waals surface area contributed by atoms with Crippen LogP contribution in [0.4, 0.5) is 13.2 Å². The van der Waals surface area contributed by atoms with Crippen LogP contribution in [-0.4, -0.2) is 34.8 Å². The van der Waals surface area contributed by atoms with Gasteiger partial charge in [-0.25, -0.2) is 0 Å². The van der Waals surface area contributed by atoms with Gasteiger partial charge in [0.25, 0.3) is 5.91 Å². The van der Waals surface area contributed by atoms with Gasteiger partial charge < -0.3 is 4.90 Å². The number of nitrogens with zero attached hydrogens (tertiary/aromatic N) is 2. The van der Waals surface area contributed by atoms with Crippen LogP contribution < -0.4 is 0 Å². The maximum Gasteiger partial charge on any atom is 0.416 e. The summed E-state index contributed by atoms with van der Waals surface area (Å²) < 4.78 is 40.9. The molecule has 1 aromatic rings. The first-order valence-corrected chi connectivity index (χ1v) is 8.96. The molecule has 0 spiro atoms. The monoisotopic (exact) mass is 352 g/mol. The fourth-order valence-corrected chi connectivity index (χ4v) is 4.33. The number of piperidine rings is 1.